The van der Waals surface area contributed by atoms with E-state index in [4.69, 9.17) is 15.0 Å². The van der Waals surface area contributed by atoms with Crippen molar-refractivity contribution < 1.29 is 0 Å². The van der Waals surface area contributed by atoms with E-state index < -0.39 is 0 Å². The van der Waals surface area contributed by atoms with Crippen LogP contribution in [0.15, 0.2) is 176 Å². The van der Waals surface area contributed by atoms with Crippen LogP contribution in [0.25, 0.3) is 88.6 Å². The van der Waals surface area contributed by atoms with Crippen molar-refractivity contribution in [3.05, 3.63) is 176 Å². The molecular formula is C45H29N3. The molecular weight excluding hydrogens is 583 g/mol. The van der Waals surface area contributed by atoms with Gasteiger partial charge < -0.3 is 0 Å². The molecule has 0 bridgehead atoms. The van der Waals surface area contributed by atoms with Crippen LogP contribution in [0.4, 0.5) is 0 Å². The maximum atomic E-state index is 5.13. The molecule has 7 aromatic carbocycles. The van der Waals surface area contributed by atoms with Crippen LogP contribution in [0.5, 0.6) is 0 Å². The Balaban J connectivity index is 1.07. The average Bonchev–Trinajstić information content (AvgIpc) is 3.17. The lowest BCUT2D eigenvalue weighted by atomic mass is 9.96. The van der Waals surface area contributed by atoms with Crippen LogP contribution < -0.4 is 0 Å². The molecule has 3 heteroatoms. The predicted molar refractivity (Wildman–Crippen MR) is 200 cm³/mol. The van der Waals surface area contributed by atoms with Crippen LogP contribution >= 0.6 is 0 Å². The smallest absolute Gasteiger partial charge is 0.0973 e. The molecule has 48 heavy (non-hydrogen) atoms. The summed E-state index contributed by atoms with van der Waals surface area (Å²) in [6.45, 7) is 0. The van der Waals surface area contributed by atoms with Crippen molar-refractivity contribution in [1.82, 2.24) is 15.0 Å². The minimum atomic E-state index is 0.873. The number of hydrogen-bond donors (Lipinski definition) is 0. The molecule has 0 aliphatic rings. The van der Waals surface area contributed by atoms with Crippen molar-refractivity contribution in [3.63, 3.8) is 0 Å². The van der Waals surface area contributed by atoms with Crippen LogP contribution in [-0.4, -0.2) is 15.0 Å². The summed E-state index contributed by atoms with van der Waals surface area (Å²) in [5.41, 5.74) is 13.6. The Morgan fingerprint density at radius 2 is 0.771 bits per heavy atom. The summed E-state index contributed by atoms with van der Waals surface area (Å²) in [5, 5.41) is 3.56. The number of pyridine rings is 1. The first kappa shape index (κ1) is 27.8. The number of nitrogens with zero attached hydrogens (tertiary/aromatic N) is 3. The van der Waals surface area contributed by atoms with Gasteiger partial charge in [-0.1, -0.05) is 146 Å². The van der Waals surface area contributed by atoms with E-state index in [2.05, 4.69) is 140 Å². The van der Waals surface area contributed by atoms with Gasteiger partial charge in [0.15, 0.2) is 0 Å². The Morgan fingerprint density at radius 1 is 0.292 bits per heavy atom. The van der Waals surface area contributed by atoms with Gasteiger partial charge in [0, 0.05) is 28.1 Å². The normalized spacial score (nSPS) is 11.3. The second-order valence-corrected chi connectivity index (χ2v) is 12.1. The number of aromatic nitrogens is 3. The van der Waals surface area contributed by atoms with Crippen molar-refractivity contribution in [2.24, 2.45) is 0 Å². The predicted octanol–water partition coefficient (Wildman–Crippen LogP) is 11.7. The molecule has 3 nitrogen and oxygen atoms in total. The highest BCUT2D eigenvalue weighted by molar-refractivity contribution is 6.06. The molecule has 0 atom stereocenters. The van der Waals surface area contributed by atoms with E-state index >= 15 is 0 Å². The fourth-order valence-electron chi connectivity index (χ4n) is 6.59. The van der Waals surface area contributed by atoms with Gasteiger partial charge in [-0.05, 0) is 63.0 Å². The maximum absolute atomic E-state index is 5.13. The van der Waals surface area contributed by atoms with Crippen LogP contribution in [0.1, 0.15) is 0 Å². The Morgan fingerprint density at radius 3 is 1.46 bits per heavy atom. The lowest BCUT2D eigenvalue weighted by Crippen LogP contribution is -1.95. The number of benzene rings is 7. The molecule has 0 aliphatic carbocycles. The van der Waals surface area contributed by atoms with E-state index in [9.17, 15) is 0 Å². The quantitative estimate of drug-likeness (QED) is 0.182. The first-order valence-corrected chi connectivity index (χ1v) is 16.2. The van der Waals surface area contributed by atoms with E-state index in [0.29, 0.717) is 0 Å². The third-order valence-corrected chi connectivity index (χ3v) is 9.11. The molecule has 0 fully saturated rings. The first-order chi connectivity index (χ1) is 23.8. The van der Waals surface area contributed by atoms with Gasteiger partial charge in [0.25, 0.3) is 0 Å². The minimum absolute atomic E-state index is 0.873. The molecule has 0 unspecified atom stereocenters. The highest BCUT2D eigenvalue weighted by Gasteiger charge is 2.14. The van der Waals surface area contributed by atoms with Gasteiger partial charge in [-0.15, -0.1) is 0 Å². The molecule has 2 aromatic heterocycles. The highest BCUT2D eigenvalue weighted by atomic mass is 14.8. The van der Waals surface area contributed by atoms with Gasteiger partial charge in [0.05, 0.1) is 27.9 Å². The third-order valence-electron chi connectivity index (χ3n) is 9.11. The summed E-state index contributed by atoms with van der Waals surface area (Å²) < 4.78 is 0. The van der Waals surface area contributed by atoms with Gasteiger partial charge in [-0.25, -0.2) is 9.97 Å². The summed E-state index contributed by atoms with van der Waals surface area (Å²) in [6.07, 6.45) is 1.96. The first-order valence-electron chi connectivity index (χ1n) is 16.2. The lowest BCUT2D eigenvalue weighted by Gasteiger charge is -2.12. The standard InChI is InChI=1S/C45H29N3/c1-2-9-30(10-3-1)31-17-21-33(22-18-31)44-45(48-42-16-7-6-15-41(42)47-44)34-23-19-32(20-24-34)35-12-8-13-36(27-35)37-25-26-40-39-14-5-4-11-38(39)29-46-43(40)28-37/h1-29H. The monoisotopic (exact) mass is 611 g/mol. The van der Waals surface area contributed by atoms with E-state index in [-0.39, 0.29) is 0 Å². The Labute approximate surface area is 278 Å². The molecule has 9 aromatic rings. The van der Waals surface area contributed by atoms with Gasteiger partial charge in [0.2, 0.25) is 0 Å². The number of fused-ring (bicyclic) bond motifs is 4. The molecule has 9 rings (SSSR count). The molecule has 0 amide bonds. The second kappa shape index (κ2) is 11.7. The molecule has 0 radical (unpaired) electrons. The van der Waals surface area contributed by atoms with Crippen molar-refractivity contribution in [3.8, 4) is 55.9 Å². The van der Waals surface area contributed by atoms with Crippen molar-refractivity contribution in [1.29, 1.82) is 0 Å². The highest BCUT2D eigenvalue weighted by Crippen LogP contribution is 2.35. The Hall–Kier alpha value is -6.45. The third kappa shape index (κ3) is 5.08. The summed E-state index contributed by atoms with van der Waals surface area (Å²) in [4.78, 5) is 15.0. The van der Waals surface area contributed by atoms with Crippen LogP contribution in [-0.2, 0) is 0 Å². The molecule has 0 saturated carbocycles. The lowest BCUT2D eigenvalue weighted by molar-refractivity contribution is 1.29. The van der Waals surface area contributed by atoms with Gasteiger partial charge in [0.1, 0.15) is 0 Å². The van der Waals surface area contributed by atoms with Crippen LogP contribution in [0.3, 0.4) is 0 Å². The molecule has 0 spiro atoms. The van der Waals surface area contributed by atoms with Gasteiger partial charge >= 0.3 is 0 Å². The number of rotatable bonds is 5. The molecule has 0 saturated heterocycles. The maximum Gasteiger partial charge on any atom is 0.0973 e. The summed E-state index contributed by atoms with van der Waals surface area (Å²) in [7, 11) is 0. The zero-order valence-corrected chi connectivity index (χ0v) is 26.1. The zero-order chi connectivity index (χ0) is 31.9. The largest absolute Gasteiger partial charge is 0.256 e. The Bertz CT molecular complexity index is 2590. The van der Waals surface area contributed by atoms with E-state index in [0.717, 1.165) is 66.7 Å². The fraction of sp³-hybridized carbons (Fsp3) is 0. The second-order valence-electron chi connectivity index (χ2n) is 12.1. The minimum Gasteiger partial charge on any atom is -0.256 e. The molecule has 2 heterocycles. The topological polar surface area (TPSA) is 38.7 Å². The fourth-order valence-corrected chi connectivity index (χ4v) is 6.59. The molecule has 0 aliphatic heterocycles. The Kier molecular flexibility index (Phi) is 6.80. The molecule has 0 N–H and O–H groups in total. The number of hydrogen-bond acceptors (Lipinski definition) is 3. The summed E-state index contributed by atoms with van der Waals surface area (Å²) >= 11 is 0. The van der Waals surface area contributed by atoms with Crippen LogP contribution in [0, 0.1) is 0 Å². The van der Waals surface area contributed by atoms with Gasteiger partial charge in [-0.2, -0.15) is 0 Å². The van der Waals surface area contributed by atoms with Crippen molar-refractivity contribution >= 4 is 32.7 Å². The van der Waals surface area contributed by atoms with Crippen molar-refractivity contribution in [2.45, 2.75) is 0 Å². The summed E-state index contributed by atoms with van der Waals surface area (Å²) in [5.74, 6) is 0. The van der Waals surface area contributed by atoms with E-state index in [1.54, 1.807) is 0 Å². The summed E-state index contributed by atoms with van der Waals surface area (Å²) in [6, 6.07) is 59.5. The van der Waals surface area contributed by atoms with Crippen molar-refractivity contribution in [2.75, 3.05) is 0 Å². The van der Waals surface area contributed by atoms with Gasteiger partial charge in [-0.3, -0.25) is 4.98 Å². The number of para-hydroxylation sites is 2. The zero-order valence-electron chi connectivity index (χ0n) is 26.1. The SMILES string of the molecule is c1ccc(-c2ccc(-c3nc4ccccc4nc3-c3ccc(-c4cccc(-c5ccc6c(c5)ncc5ccccc56)c4)cc3)cc2)cc1. The molecule has 224 valence electrons. The van der Waals surface area contributed by atoms with Crippen LogP contribution in [0.2, 0.25) is 0 Å². The van der Waals surface area contributed by atoms with E-state index in [1.165, 1.54) is 21.9 Å². The van der Waals surface area contributed by atoms with E-state index in [1.807, 2.05) is 36.5 Å². The average molecular weight is 612 g/mol.